The van der Waals surface area contributed by atoms with Gasteiger partial charge in [-0.25, -0.2) is 12.8 Å². The molecule has 0 saturated carbocycles. The second-order valence-electron chi connectivity index (χ2n) is 4.21. The molecule has 18 heavy (non-hydrogen) atoms. The quantitative estimate of drug-likeness (QED) is 0.863. The summed E-state index contributed by atoms with van der Waals surface area (Å²) in [6, 6.07) is 3.85. The van der Waals surface area contributed by atoms with E-state index in [0.29, 0.717) is 18.0 Å². The molecule has 4 nitrogen and oxygen atoms in total. The van der Waals surface area contributed by atoms with Crippen molar-refractivity contribution in [2.45, 2.75) is 19.9 Å². The fraction of sp³-hybridized carbons (Fsp3) is 0.500. The molecule has 0 fully saturated rings. The van der Waals surface area contributed by atoms with Crippen LogP contribution < -0.4 is 10.1 Å². The second kappa shape index (κ2) is 6.04. The number of benzene rings is 1. The van der Waals surface area contributed by atoms with Crippen LogP contribution in [-0.4, -0.2) is 33.1 Å². The molecule has 1 rings (SSSR count). The average molecular weight is 275 g/mol. The maximum absolute atomic E-state index is 13.1. The highest BCUT2D eigenvalue weighted by atomic mass is 32.2. The van der Waals surface area contributed by atoms with Gasteiger partial charge in [0.05, 0.1) is 18.0 Å². The summed E-state index contributed by atoms with van der Waals surface area (Å²) in [5.74, 6) is 0.00766. The van der Waals surface area contributed by atoms with Crippen molar-refractivity contribution in [1.82, 2.24) is 0 Å². The first-order valence-electron chi connectivity index (χ1n) is 5.68. The molecule has 6 heteroatoms. The van der Waals surface area contributed by atoms with E-state index in [1.807, 2.05) is 0 Å². The molecule has 0 aliphatic carbocycles. The molecule has 1 aromatic rings. The number of rotatable bonds is 6. The first-order valence-corrected chi connectivity index (χ1v) is 7.74. The zero-order valence-corrected chi connectivity index (χ0v) is 11.6. The molecule has 1 unspecified atom stereocenters. The Labute approximate surface area is 107 Å². The summed E-state index contributed by atoms with van der Waals surface area (Å²) in [6.45, 7) is 3.97. The summed E-state index contributed by atoms with van der Waals surface area (Å²) < 4.78 is 40.7. The van der Waals surface area contributed by atoms with E-state index in [1.165, 1.54) is 18.4 Å². The van der Waals surface area contributed by atoms with Gasteiger partial charge in [-0.3, -0.25) is 0 Å². The van der Waals surface area contributed by atoms with E-state index in [2.05, 4.69) is 5.32 Å². The van der Waals surface area contributed by atoms with Crippen LogP contribution in [0.2, 0.25) is 0 Å². The minimum Gasteiger partial charge on any atom is -0.492 e. The molecule has 0 heterocycles. The van der Waals surface area contributed by atoms with Gasteiger partial charge >= 0.3 is 0 Å². The van der Waals surface area contributed by atoms with Crippen LogP contribution in [0.5, 0.6) is 5.75 Å². The number of anilines is 1. The molecule has 1 N–H and O–H groups in total. The number of hydrogen-bond donors (Lipinski definition) is 1. The normalized spacial score (nSPS) is 13.1. The van der Waals surface area contributed by atoms with Gasteiger partial charge in [0.25, 0.3) is 0 Å². The van der Waals surface area contributed by atoms with Crippen molar-refractivity contribution in [2.75, 3.05) is 23.9 Å². The largest absolute Gasteiger partial charge is 0.492 e. The van der Waals surface area contributed by atoms with E-state index in [9.17, 15) is 12.8 Å². The maximum atomic E-state index is 13.1. The van der Waals surface area contributed by atoms with Gasteiger partial charge in [-0.2, -0.15) is 0 Å². The highest BCUT2D eigenvalue weighted by Gasteiger charge is 2.13. The summed E-state index contributed by atoms with van der Waals surface area (Å²) in [5, 5.41) is 3.01. The molecule has 0 bridgehead atoms. The van der Waals surface area contributed by atoms with Crippen LogP contribution in [0.1, 0.15) is 13.8 Å². The maximum Gasteiger partial charge on any atom is 0.149 e. The predicted molar refractivity (Wildman–Crippen MR) is 70.4 cm³/mol. The Kier molecular flexibility index (Phi) is 4.95. The molecular weight excluding hydrogens is 257 g/mol. The summed E-state index contributed by atoms with van der Waals surface area (Å²) in [5.41, 5.74) is 0.592. The third kappa shape index (κ3) is 4.91. The van der Waals surface area contributed by atoms with Crippen molar-refractivity contribution in [2.24, 2.45) is 0 Å². The minimum absolute atomic E-state index is 0.00986. The number of sulfone groups is 1. The highest BCUT2D eigenvalue weighted by molar-refractivity contribution is 7.90. The van der Waals surface area contributed by atoms with Gasteiger partial charge in [0.1, 0.15) is 21.4 Å². The average Bonchev–Trinajstić information content (AvgIpc) is 2.20. The van der Waals surface area contributed by atoms with Crippen LogP contribution in [-0.2, 0) is 9.84 Å². The smallest absolute Gasteiger partial charge is 0.149 e. The van der Waals surface area contributed by atoms with Crippen molar-refractivity contribution < 1.29 is 17.5 Å². The molecule has 0 aliphatic rings. The van der Waals surface area contributed by atoms with Crippen molar-refractivity contribution in [3.8, 4) is 5.75 Å². The van der Waals surface area contributed by atoms with Gasteiger partial charge in [0.2, 0.25) is 0 Å². The van der Waals surface area contributed by atoms with Gasteiger partial charge in [0, 0.05) is 18.4 Å². The standard InChI is InChI=1S/C12H18FNO3S/c1-4-17-12-7-10(13)5-6-11(12)14-9(2)8-18(3,15)16/h5-7,9,14H,4,8H2,1-3H3. The minimum atomic E-state index is -3.05. The lowest BCUT2D eigenvalue weighted by molar-refractivity contribution is 0.339. The van der Waals surface area contributed by atoms with Crippen LogP contribution in [0.25, 0.3) is 0 Å². The van der Waals surface area contributed by atoms with E-state index >= 15 is 0 Å². The van der Waals surface area contributed by atoms with Crippen molar-refractivity contribution in [3.63, 3.8) is 0 Å². The van der Waals surface area contributed by atoms with E-state index in [4.69, 9.17) is 4.74 Å². The van der Waals surface area contributed by atoms with Crippen molar-refractivity contribution in [1.29, 1.82) is 0 Å². The Hall–Kier alpha value is -1.30. The molecule has 0 amide bonds. The summed E-state index contributed by atoms with van der Waals surface area (Å²) >= 11 is 0. The summed E-state index contributed by atoms with van der Waals surface area (Å²) in [4.78, 5) is 0. The van der Waals surface area contributed by atoms with Gasteiger partial charge in [-0.05, 0) is 26.0 Å². The van der Waals surface area contributed by atoms with E-state index in [1.54, 1.807) is 19.9 Å². The van der Waals surface area contributed by atoms with E-state index in [0.717, 1.165) is 0 Å². The molecular formula is C12H18FNO3S. The van der Waals surface area contributed by atoms with Crippen LogP contribution >= 0.6 is 0 Å². The number of nitrogens with one attached hydrogen (secondary N) is 1. The fourth-order valence-electron chi connectivity index (χ4n) is 1.65. The van der Waals surface area contributed by atoms with Crippen LogP contribution in [0, 0.1) is 5.82 Å². The first kappa shape index (κ1) is 14.8. The van der Waals surface area contributed by atoms with Gasteiger partial charge in [0.15, 0.2) is 0 Å². The van der Waals surface area contributed by atoms with E-state index in [-0.39, 0.29) is 17.6 Å². The predicted octanol–water partition coefficient (Wildman–Crippen LogP) is 2.07. The Morgan fingerprint density at radius 2 is 2.11 bits per heavy atom. The Bertz CT molecular complexity index is 502. The zero-order chi connectivity index (χ0) is 13.8. The number of ether oxygens (including phenoxy) is 1. The van der Waals surface area contributed by atoms with Gasteiger partial charge in [-0.1, -0.05) is 0 Å². The second-order valence-corrected chi connectivity index (χ2v) is 6.40. The number of hydrogen-bond acceptors (Lipinski definition) is 4. The summed E-state index contributed by atoms with van der Waals surface area (Å²) in [7, 11) is -3.05. The topological polar surface area (TPSA) is 55.4 Å². The van der Waals surface area contributed by atoms with Gasteiger partial charge in [-0.15, -0.1) is 0 Å². The Balaban J connectivity index is 2.83. The molecule has 0 aliphatic heterocycles. The van der Waals surface area contributed by atoms with Crippen LogP contribution in [0.3, 0.4) is 0 Å². The number of halogens is 1. The molecule has 0 saturated heterocycles. The van der Waals surface area contributed by atoms with Gasteiger partial charge < -0.3 is 10.1 Å². The Morgan fingerprint density at radius 3 is 2.67 bits per heavy atom. The molecule has 0 radical (unpaired) electrons. The van der Waals surface area contributed by atoms with Crippen molar-refractivity contribution >= 4 is 15.5 Å². The third-order valence-corrected chi connectivity index (χ3v) is 3.30. The van der Waals surface area contributed by atoms with E-state index < -0.39 is 9.84 Å². The Morgan fingerprint density at radius 1 is 1.44 bits per heavy atom. The molecule has 1 aromatic carbocycles. The molecule has 0 aromatic heterocycles. The fourth-order valence-corrected chi connectivity index (χ4v) is 2.64. The van der Waals surface area contributed by atoms with Crippen LogP contribution in [0.4, 0.5) is 10.1 Å². The molecule has 1 atom stereocenters. The SMILES string of the molecule is CCOc1cc(F)ccc1NC(C)CS(C)(=O)=O. The lowest BCUT2D eigenvalue weighted by atomic mass is 10.2. The van der Waals surface area contributed by atoms with Crippen LogP contribution in [0.15, 0.2) is 18.2 Å². The third-order valence-electron chi connectivity index (χ3n) is 2.20. The van der Waals surface area contributed by atoms with Crippen molar-refractivity contribution in [3.05, 3.63) is 24.0 Å². The first-order chi connectivity index (χ1) is 8.31. The lowest BCUT2D eigenvalue weighted by Crippen LogP contribution is -2.25. The summed E-state index contributed by atoms with van der Waals surface area (Å²) in [6.07, 6.45) is 1.18. The molecule has 0 spiro atoms. The zero-order valence-electron chi connectivity index (χ0n) is 10.7. The highest BCUT2D eigenvalue weighted by Crippen LogP contribution is 2.26. The monoisotopic (exact) mass is 275 g/mol. The molecule has 102 valence electrons. The lowest BCUT2D eigenvalue weighted by Gasteiger charge is -2.17.